The number of carbonyl (C=O) groups excluding carboxylic acids is 1. The van der Waals surface area contributed by atoms with Crippen LogP contribution in [0.15, 0.2) is 54.7 Å². The van der Waals surface area contributed by atoms with Gasteiger partial charge in [-0.25, -0.2) is 4.79 Å². The van der Waals surface area contributed by atoms with Crippen LogP contribution >= 0.6 is 0 Å². The molecule has 3 aromatic rings. The maximum atomic E-state index is 12.6. The second kappa shape index (κ2) is 7.56. The van der Waals surface area contributed by atoms with Crippen LogP contribution in [-0.4, -0.2) is 17.1 Å². The first-order valence-corrected chi connectivity index (χ1v) is 8.91. The Hall–Kier alpha value is -2.88. The second-order valence-corrected chi connectivity index (χ2v) is 6.92. The van der Waals surface area contributed by atoms with Crippen LogP contribution in [0.4, 0.5) is 11.4 Å². The monoisotopic (exact) mass is 348 g/mol. The van der Waals surface area contributed by atoms with Crippen LogP contribution in [0.25, 0.3) is 10.9 Å². The molecule has 4 nitrogen and oxygen atoms in total. The summed E-state index contributed by atoms with van der Waals surface area (Å²) >= 11 is 0. The van der Waals surface area contributed by atoms with Gasteiger partial charge in [-0.1, -0.05) is 38.1 Å². The van der Waals surface area contributed by atoms with Crippen LogP contribution < -0.4 is 5.32 Å². The number of nitrogens with zero attached hydrogens (tertiary/aromatic N) is 1. The minimum atomic E-state index is -0.372. The first-order valence-electron chi connectivity index (χ1n) is 8.91. The van der Waals surface area contributed by atoms with Gasteiger partial charge in [-0.05, 0) is 49.6 Å². The molecule has 0 saturated heterocycles. The van der Waals surface area contributed by atoms with Crippen LogP contribution in [0, 0.1) is 0 Å². The molecular weight excluding hydrogens is 324 g/mol. The third-order valence-corrected chi connectivity index (χ3v) is 4.16. The Balaban J connectivity index is 2.18. The summed E-state index contributed by atoms with van der Waals surface area (Å²) in [6.07, 6.45) is 1.40. The Morgan fingerprint density at radius 3 is 2.42 bits per heavy atom. The normalized spacial score (nSPS) is 11.2. The highest BCUT2D eigenvalue weighted by Crippen LogP contribution is 2.32. The number of ether oxygens (including phenoxy) is 1. The molecule has 0 bridgehead atoms. The number of fused-ring (bicyclic) bond motifs is 1. The van der Waals surface area contributed by atoms with E-state index in [0.29, 0.717) is 11.5 Å². The van der Waals surface area contributed by atoms with E-state index in [9.17, 15) is 4.79 Å². The van der Waals surface area contributed by atoms with Gasteiger partial charge in [-0.15, -0.1) is 0 Å². The predicted molar refractivity (Wildman–Crippen MR) is 106 cm³/mol. The van der Waals surface area contributed by atoms with Gasteiger partial charge in [0, 0.05) is 17.3 Å². The first-order chi connectivity index (χ1) is 12.5. The van der Waals surface area contributed by atoms with Gasteiger partial charge in [0.25, 0.3) is 0 Å². The summed E-state index contributed by atoms with van der Waals surface area (Å²) in [5.41, 5.74) is 4.12. The lowest BCUT2D eigenvalue weighted by molar-refractivity contribution is 0.0379. The molecule has 1 heterocycles. The Bertz CT molecular complexity index is 918. The van der Waals surface area contributed by atoms with E-state index in [1.807, 2.05) is 50.2 Å². The lowest BCUT2D eigenvalue weighted by Crippen LogP contribution is -2.14. The number of hydrogen-bond donors (Lipinski definition) is 1. The third-order valence-electron chi connectivity index (χ3n) is 4.16. The van der Waals surface area contributed by atoms with Crippen LogP contribution in [0.1, 0.15) is 49.5 Å². The zero-order valence-corrected chi connectivity index (χ0v) is 15.6. The van der Waals surface area contributed by atoms with Gasteiger partial charge in [0.2, 0.25) is 0 Å². The summed E-state index contributed by atoms with van der Waals surface area (Å²) in [5, 5.41) is 4.31. The van der Waals surface area contributed by atoms with Crippen molar-refractivity contribution >= 4 is 28.2 Å². The van der Waals surface area contributed by atoms with E-state index < -0.39 is 0 Å². The van der Waals surface area contributed by atoms with Gasteiger partial charge in [-0.2, -0.15) is 0 Å². The number of aromatic nitrogens is 1. The maximum absolute atomic E-state index is 12.6. The SMILES string of the molecule is CC(C)OC(=O)c1cnc2ccc(C(C)C)cc2c1Nc1ccccc1. The van der Waals surface area contributed by atoms with E-state index in [-0.39, 0.29) is 12.1 Å². The molecule has 0 fully saturated rings. The fraction of sp³-hybridized carbons (Fsp3) is 0.273. The standard InChI is InChI=1S/C22H24N2O2/c1-14(2)16-10-11-20-18(12-16)21(24-17-8-6-5-7-9-17)19(13-23-20)22(25)26-15(3)4/h5-15H,1-4H3,(H,23,24). The van der Waals surface area contributed by atoms with E-state index >= 15 is 0 Å². The molecule has 0 unspecified atom stereocenters. The van der Waals surface area contributed by atoms with Gasteiger partial charge >= 0.3 is 5.97 Å². The number of rotatable bonds is 5. The molecule has 2 aromatic carbocycles. The molecule has 0 aliphatic rings. The summed E-state index contributed by atoms with van der Waals surface area (Å²) in [6, 6.07) is 16.0. The molecule has 0 atom stereocenters. The van der Waals surface area contributed by atoms with E-state index in [2.05, 4.69) is 36.3 Å². The molecule has 0 saturated carbocycles. The molecule has 0 aliphatic heterocycles. The minimum absolute atomic E-state index is 0.190. The van der Waals surface area contributed by atoms with Crippen molar-refractivity contribution in [2.75, 3.05) is 5.32 Å². The molecule has 0 amide bonds. The summed E-state index contributed by atoms with van der Waals surface area (Å²) in [4.78, 5) is 17.1. The van der Waals surface area contributed by atoms with Crippen molar-refractivity contribution in [3.05, 3.63) is 65.9 Å². The van der Waals surface area contributed by atoms with Crippen LogP contribution in [0.5, 0.6) is 0 Å². The van der Waals surface area contributed by atoms with Crippen LogP contribution in [0.3, 0.4) is 0 Å². The van der Waals surface area contributed by atoms with Crippen molar-refractivity contribution in [3.8, 4) is 0 Å². The average Bonchev–Trinajstić information content (AvgIpc) is 2.61. The Morgan fingerprint density at radius 2 is 1.77 bits per heavy atom. The zero-order chi connectivity index (χ0) is 18.7. The molecule has 0 radical (unpaired) electrons. The number of benzene rings is 2. The summed E-state index contributed by atoms with van der Waals surface area (Å²) in [6.45, 7) is 7.98. The Kier molecular flexibility index (Phi) is 5.21. The average molecular weight is 348 g/mol. The second-order valence-electron chi connectivity index (χ2n) is 6.92. The molecule has 0 aliphatic carbocycles. The lowest BCUT2D eigenvalue weighted by atomic mass is 9.99. The van der Waals surface area contributed by atoms with Gasteiger partial charge in [-0.3, -0.25) is 4.98 Å². The first kappa shape index (κ1) is 17.9. The van der Waals surface area contributed by atoms with E-state index in [1.165, 1.54) is 5.56 Å². The fourth-order valence-electron chi connectivity index (χ4n) is 2.80. The Morgan fingerprint density at radius 1 is 1.04 bits per heavy atom. The molecule has 1 N–H and O–H groups in total. The highest BCUT2D eigenvalue weighted by molar-refractivity contribution is 6.06. The van der Waals surface area contributed by atoms with Crippen molar-refractivity contribution in [2.45, 2.75) is 39.7 Å². The van der Waals surface area contributed by atoms with Gasteiger partial charge in [0.1, 0.15) is 5.56 Å². The van der Waals surface area contributed by atoms with Crippen molar-refractivity contribution in [3.63, 3.8) is 0 Å². The van der Waals surface area contributed by atoms with Crippen LogP contribution in [0.2, 0.25) is 0 Å². The lowest BCUT2D eigenvalue weighted by Gasteiger charge is -2.16. The molecule has 3 rings (SSSR count). The molecule has 1 aromatic heterocycles. The Labute approximate surface area is 154 Å². The number of nitrogens with one attached hydrogen (secondary N) is 1. The van der Waals surface area contributed by atoms with Crippen LogP contribution in [-0.2, 0) is 4.74 Å². The quantitative estimate of drug-likeness (QED) is 0.604. The van der Waals surface area contributed by atoms with Crippen molar-refractivity contribution in [1.29, 1.82) is 0 Å². The van der Waals surface area contributed by atoms with Crippen molar-refractivity contribution in [1.82, 2.24) is 4.98 Å². The highest BCUT2D eigenvalue weighted by Gasteiger charge is 2.19. The number of hydrogen-bond acceptors (Lipinski definition) is 4. The number of pyridine rings is 1. The zero-order valence-electron chi connectivity index (χ0n) is 15.6. The van der Waals surface area contributed by atoms with Gasteiger partial charge < -0.3 is 10.1 Å². The fourth-order valence-corrected chi connectivity index (χ4v) is 2.80. The maximum Gasteiger partial charge on any atom is 0.342 e. The number of carbonyl (C=O) groups is 1. The number of anilines is 2. The molecule has 0 spiro atoms. The van der Waals surface area contributed by atoms with E-state index in [1.54, 1.807) is 6.20 Å². The molecule has 4 heteroatoms. The largest absolute Gasteiger partial charge is 0.459 e. The topological polar surface area (TPSA) is 51.2 Å². The smallest absolute Gasteiger partial charge is 0.342 e. The molecule has 26 heavy (non-hydrogen) atoms. The van der Waals surface area contributed by atoms with Gasteiger partial charge in [0.15, 0.2) is 0 Å². The van der Waals surface area contributed by atoms with Crippen molar-refractivity contribution in [2.24, 2.45) is 0 Å². The number of esters is 1. The summed E-state index contributed by atoms with van der Waals surface area (Å²) in [5.74, 6) is 0.0121. The van der Waals surface area contributed by atoms with Gasteiger partial charge in [0.05, 0.1) is 17.3 Å². The number of para-hydroxylation sites is 1. The summed E-state index contributed by atoms with van der Waals surface area (Å²) in [7, 11) is 0. The van der Waals surface area contributed by atoms with Crippen molar-refractivity contribution < 1.29 is 9.53 Å². The highest BCUT2D eigenvalue weighted by atomic mass is 16.5. The summed E-state index contributed by atoms with van der Waals surface area (Å²) < 4.78 is 5.42. The predicted octanol–water partition coefficient (Wildman–Crippen LogP) is 5.67. The third kappa shape index (κ3) is 3.85. The molecule has 134 valence electrons. The van der Waals surface area contributed by atoms with E-state index in [0.717, 1.165) is 22.3 Å². The minimum Gasteiger partial charge on any atom is -0.459 e. The van der Waals surface area contributed by atoms with E-state index in [4.69, 9.17) is 4.74 Å². The molecular formula is C22H24N2O2.